The number of rotatable bonds is 2. The highest BCUT2D eigenvalue weighted by molar-refractivity contribution is 9.09. The Morgan fingerprint density at radius 1 is 0.938 bits per heavy atom. The van der Waals surface area contributed by atoms with Crippen molar-refractivity contribution in [3.63, 3.8) is 0 Å². The number of amides is 2. The molecule has 1 heterocycles. The molecule has 2 amide bonds. The van der Waals surface area contributed by atoms with Crippen LogP contribution >= 0.6 is 15.9 Å². The van der Waals surface area contributed by atoms with Crippen LogP contribution in [0.4, 0.5) is 11.4 Å². The van der Waals surface area contributed by atoms with Crippen molar-refractivity contribution in [2.75, 3.05) is 4.90 Å². The van der Waals surface area contributed by atoms with Gasteiger partial charge in [-0.05, 0) is 40.8 Å². The van der Waals surface area contributed by atoms with Crippen LogP contribution in [0.2, 0.25) is 0 Å². The Hall–Kier alpha value is -3.32. The average molecular weight is 489 g/mol. The van der Waals surface area contributed by atoms with Gasteiger partial charge in [-0.25, -0.2) is 4.90 Å². The molecule has 7 heteroatoms. The summed E-state index contributed by atoms with van der Waals surface area (Å²) in [6, 6.07) is 20.4. The number of anilines is 1. The van der Waals surface area contributed by atoms with Gasteiger partial charge in [0, 0.05) is 12.0 Å². The van der Waals surface area contributed by atoms with Gasteiger partial charge >= 0.3 is 0 Å². The summed E-state index contributed by atoms with van der Waals surface area (Å²) in [5, 5.41) is 11.8. The van der Waals surface area contributed by atoms with Crippen molar-refractivity contribution in [2.45, 2.75) is 17.2 Å². The molecule has 0 saturated carbocycles. The normalized spacial score (nSPS) is 27.2. The summed E-state index contributed by atoms with van der Waals surface area (Å²) in [6.45, 7) is 1.74. The molecule has 1 aliphatic heterocycles. The molecular formula is C25H17BrN2O4. The molecule has 4 aliphatic rings. The van der Waals surface area contributed by atoms with E-state index in [2.05, 4.69) is 15.9 Å². The lowest BCUT2D eigenvalue weighted by Gasteiger charge is -2.51. The molecule has 1 saturated heterocycles. The number of halogens is 1. The number of nitro groups is 1. The number of benzene rings is 3. The first-order chi connectivity index (χ1) is 15.4. The number of alkyl halides is 1. The van der Waals surface area contributed by atoms with Crippen LogP contribution < -0.4 is 4.90 Å². The van der Waals surface area contributed by atoms with Crippen molar-refractivity contribution in [3.05, 3.63) is 105 Å². The van der Waals surface area contributed by atoms with E-state index in [4.69, 9.17) is 0 Å². The Morgan fingerprint density at radius 3 is 2.12 bits per heavy atom. The summed E-state index contributed by atoms with van der Waals surface area (Å²) in [5.74, 6) is -2.39. The molecule has 7 rings (SSSR count). The molecule has 0 aromatic heterocycles. The van der Waals surface area contributed by atoms with Crippen molar-refractivity contribution in [3.8, 4) is 0 Å². The zero-order chi connectivity index (χ0) is 22.4. The van der Waals surface area contributed by atoms with Crippen molar-refractivity contribution in [1.29, 1.82) is 0 Å². The number of carbonyl (C=O) groups is 2. The molecule has 3 aromatic rings. The molecule has 2 atom stereocenters. The number of hydrogen-bond acceptors (Lipinski definition) is 4. The summed E-state index contributed by atoms with van der Waals surface area (Å²) in [6.07, 6.45) is 0. The molecule has 0 radical (unpaired) electrons. The molecule has 1 fully saturated rings. The first-order valence-electron chi connectivity index (χ1n) is 10.4. The van der Waals surface area contributed by atoms with E-state index in [-0.39, 0.29) is 23.2 Å². The number of carbonyl (C=O) groups excluding carboxylic acids is 2. The fourth-order valence-corrected chi connectivity index (χ4v) is 7.09. The Labute approximate surface area is 192 Å². The second kappa shape index (κ2) is 6.36. The lowest BCUT2D eigenvalue weighted by atomic mass is 9.55. The van der Waals surface area contributed by atoms with Gasteiger partial charge in [-0.15, -0.1) is 0 Å². The van der Waals surface area contributed by atoms with Crippen molar-refractivity contribution in [2.24, 2.45) is 11.8 Å². The topological polar surface area (TPSA) is 80.5 Å². The molecule has 3 aromatic carbocycles. The van der Waals surface area contributed by atoms with Crippen LogP contribution in [0.3, 0.4) is 0 Å². The number of aryl methyl sites for hydroxylation is 1. The minimum Gasteiger partial charge on any atom is -0.274 e. The molecule has 0 N–H and O–H groups in total. The van der Waals surface area contributed by atoms with Crippen LogP contribution in [-0.4, -0.2) is 16.7 Å². The first kappa shape index (κ1) is 19.4. The van der Waals surface area contributed by atoms with E-state index in [0.29, 0.717) is 5.56 Å². The van der Waals surface area contributed by atoms with Crippen LogP contribution in [0.5, 0.6) is 0 Å². The van der Waals surface area contributed by atoms with E-state index in [1.807, 2.05) is 48.5 Å². The van der Waals surface area contributed by atoms with Crippen LogP contribution in [0.25, 0.3) is 0 Å². The molecule has 158 valence electrons. The maximum absolute atomic E-state index is 13.9. The van der Waals surface area contributed by atoms with E-state index in [0.717, 1.165) is 27.2 Å². The number of imide groups is 1. The van der Waals surface area contributed by atoms with E-state index < -0.39 is 27.0 Å². The van der Waals surface area contributed by atoms with Gasteiger partial charge in [0.2, 0.25) is 11.8 Å². The highest BCUT2D eigenvalue weighted by atomic mass is 79.9. The van der Waals surface area contributed by atoms with Gasteiger partial charge in [0.25, 0.3) is 5.69 Å². The van der Waals surface area contributed by atoms with Crippen molar-refractivity contribution in [1.82, 2.24) is 0 Å². The Bertz CT molecular complexity index is 1320. The number of nitrogens with zero attached hydrogens (tertiary/aromatic N) is 2. The minimum atomic E-state index is -0.874. The fourth-order valence-electron chi connectivity index (χ4n) is 5.89. The van der Waals surface area contributed by atoms with Gasteiger partial charge in [0.1, 0.15) is 5.69 Å². The molecule has 2 bridgehead atoms. The van der Waals surface area contributed by atoms with E-state index in [1.165, 1.54) is 12.1 Å². The highest BCUT2D eigenvalue weighted by Gasteiger charge is 2.68. The van der Waals surface area contributed by atoms with E-state index >= 15 is 0 Å². The zero-order valence-corrected chi connectivity index (χ0v) is 18.6. The first-order valence-corrected chi connectivity index (χ1v) is 11.2. The predicted molar refractivity (Wildman–Crippen MR) is 122 cm³/mol. The smallest absolute Gasteiger partial charge is 0.274 e. The second-order valence-corrected chi connectivity index (χ2v) is 9.88. The van der Waals surface area contributed by atoms with Gasteiger partial charge in [-0.1, -0.05) is 70.5 Å². The summed E-state index contributed by atoms with van der Waals surface area (Å²) in [5.41, 5.74) is 4.48. The second-order valence-electron chi connectivity index (χ2n) is 8.63. The largest absolute Gasteiger partial charge is 0.293 e. The van der Waals surface area contributed by atoms with Gasteiger partial charge in [0.15, 0.2) is 0 Å². The number of hydrogen-bond donors (Lipinski definition) is 0. The lowest BCUT2D eigenvalue weighted by Crippen LogP contribution is -2.50. The van der Waals surface area contributed by atoms with Gasteiger partial charge in [-0.3, -0.25) is 19.7 Å². The quantitative estimate of drug-likeness (QED) is 0.224. The number of nitro benzene ring substituents is 1. The third kappa shape index (κ3) is 2.19. The molecule has 0 unspecified atom stereocenters. The summed E-state index contributed by atoms with van der Waals surface area (Å²) in [7, 11) is 0. The third-order valence-electron chi connectivity index (χ3n) is 7.08. The molecule has 0 spiro atoms. The van der Waals surface area contributed by atoms with Crippen LogP contribution in [-0.2, 0) is 13.9 Å². The highest BCUT2D eigenvalue weighted by Crippen LogP contribution is 2.66. The molecular weight excluding hydrogens is 472 g/mol. The van der Waals surface area contributed by atoms with Crippen LogP contribution in [0.15, 0.2) is 66.7 Å². The SMILES string of the molecule is Cc1ccc(N2C(=O)[C@@H]3[C@@H](C2=O)C2c4ccccc4C3(Br)c3ccccc32)c([N+](=O)[O-])c1. The Kier molecular flexibility index (Phi) is 3.85. The van der Waals surface area contributed by atoms with Crippen LogP contribution in [0.1, 0.15) is 33.7 Å². The zero-order valence-electron chi connectivity index (χ0n) is 17.0. The maximum Gasteiger partial charge on any atom is 0.293 e. The van der Waals surface area contributed by atoms with Gasteiger partial charge < -0.3 is 0 Å². The van der Waals surface area contributed by atoms with Crippen molar-refractivity contribution < 1.29 is 14.5 Å². The monoisotopic (exact) mass is 488 g/mol. The maximum atomic E-state index is 13.9. The fraction of sp³-hybridized carbons (Fsp3) is 0.200. The third-order valence-corrected chi connectivity index (χ3v) is 8.43. The summed E-state index contributed by atoms with van der Waals surface area (Å²) in [4.78, 5) is 40.0. The molecule has 6 nitrogen and oxygen atoms in total. The summed E-state index contributed by atoms with van der Waals surface area (Å²) < 4.78 is -0.874. The lowest BCUT2D eigenvalue weighted by molar-refractivity contribution is -0.384. The summed E-state index contributed by atoms with van der Waals surface area (Å²) >= 11 is 3.93. The van der Waals surface area contributed by atoms with Crippen LogP contribution in [0, 0.1) is 28.9 Å². The Balaban J connectivity index is 1.61. The van der Waals surface area contributed by atoms with E-state index in [9.17, 15) is 19.7 Å². The standard InChI is InChI=1S/C25H17BrN2O4/c1-13-10-11-18(19(12-13)28(31)32)27-23(29)21-20-14-6-2-4-8-16(14)25(26,22(21)24(27)30)17-9-5-3-7-15(17)20/h2-12,20-22H,1H3/t20?,21-,22-,25?/m0/s1. The van der Waals surface area contributed by atoms with E-state index in [1.54, 1.807) is 13.0 Å². The van der Waals surface area contributed by atoms with Crippen molar-refractivity contribution >= 4 is 39.1 Å². The molecule has 32 heavy (non-hydrogen) atoms. The van der Waals surface area contributed by atoms with Gasteiger partial charge in [0.05, 0.1) is 21.1 Å². The molecule has 3 aliphatic carbocycles. The average Bonchev–Trinajstić information content (AvgIpc) is 3.06. The van der Waals surface area contributed by atoms with Gasteiger partial charge in [-0.2, -0.15) is 0 Å². The minimum absolute atomic E-state index is 0.0358. The Morgan fingerprint density at radius 2 is 1.53 bits per heavy atom. The predicted octanol–water partition coefficient (Wildman–Crippen LogP) is 4.81.